The Hall–Kier alpha value is -3.36. The first kappa shape index (κ1) is 21.4. The second kappa shape index (κ2) is 9.91. The van der Waals surface area contributed by atoms with Crippen LogP contribution in [0.3, 0.4) is 0 Å². The highest BCUT2D eigenvalue weighted by Crippen LogP contribution is 2.29. The number of fused-ring (bicyclic) bond motifs is 1. The van der Waals surface area contributed by atoms with E-state index in [1.165, 1.54) is 25.3 Å². The average molecular weight is 420 g/mol. The van der Waals surface area contributed by atoms with Gasteiger partial charge in [-0.25, -0.2) is 4.39 Å². The molecule has 9 heteroatoms. The molecule has 0 saturated heterocycles. The lowest BCUT2D eigenvalue weighted by atomic mass is 10.1. The van der Waals surface area contributed by atoms with Gasteiger partial charge in [-0.15, -0.1) is 0 Å². The maximum atomic E-state index is 13.5. The van der Waals surface area contributed by atoms with Gasteiger partial charge in [0.1, 0.15) is 5.82 Å². The third-order valence-corrected chi connectivity index (χ3v) is 4.54. The van der Waals surface area contributed by atoms with E-state index < -0.39 is 6.61 Å². The lowest BCUT2D eigenvalue weighted by Gasteiger charge is -2.14. The van der Waals surface area contributed by atoms with Crippen LogP contribution in [0.5, 0.6) is 11.5 Å². The second-order valence-electron chi connectivity index (χ2n) is 6.47. The summed E-state index contributed by atoms with van der Waals surface area (Å²) in [5, 5.41) is 7.15. The molecule has 3 rings (SSSR count). The number of rotatable bonds is 8. The van der Waals surface area contributed by atoms with Gasteiger partial charge in [-0.3, -0.25) is 4.99 Å². The Morgan fingerprint density at radius 1 is 1.13 bits per heavy atom. The number of aliphatic imine (C=N–C) groups is 1. The fraction of sp³-hybridized carbons (Fsp3) is 0.286. The molecular formula is C21H23F3N4O2. The fourth-order valence-electron chi connectivity index (χ4n) is 3.10. The van der Waals surface area contributed by atoms with Crippen LogP contribution in [0.1, 0.15) is 11.1 Å². The quantitative estimate of drug-likeness (QED) is 0.383. The number of aromatic amines is 1. The third kappa shape index (κ3) is 5.37. The van der Waals surface area contributed by atoms with Crippen LogP contribution >= 0.6 is 0 Å². The van der Waals surface area contributed by atoms with E-state index in [1.54, 1.807) is 25.2 Å². The van der Waals surface area contributed by atoms with Crippen molar-refractivity contribution in [2.75, 3.05) is 20.7 Å². The Kier molecular flexibility index (Phi) is 7.05. The smallest absolute Gasteiger partial charge is 0.387 e. The summed E-state index contributed by atoms with van der Waals surface area (Å²) in [6, 6.07) is 9.45. The van der Waals surface area contributed by atoms with Crippen molar-refractivity contribution in [1.29, 1.82) is 0 Å². The third-order valence-electron chi connectivity index (χ3n) is 4.54. The molecule has 0 spiro atoms. The summed E-state index contributed by atoms with van der Waals surface area (Å²) in [5.41, 5.74) is 2.60. The maximum absolute atomic E-state index is 13.5. The van der Waals surface area contributed by atoms with Crippen LogP contribution < -0.4 is 20.1 Å². The molecule has 0 aliphatic carbocycles. The Morgan fingerprint density at radius 2 is 1.97 bits per heavy atom. The van der Waals surface area contributed by atoms with Crippen LogP contribution in [0, 0.1) is 5.82 Å². The minimum atomic E-state index is -2.94. The molecule has 0 bridgehead atoms. The molecule has 0 atom stereocenters. The molecule has 160 valence electrons. The van der Waals surface area contributed by atoms with Gasteiger partial charge in [0.25, 0.3) is 0 Å². The number of alkyl halides is 2. The van der Waals surface area contributed by atoms with Crippen LogP contribution in [0.15, 0.2) is 47.6 Å². The Balaban J connectivity index is 1.55. The van der Waals surface area contributed by atoms with E-state index in [0.29, 0.717) is 25.5 Å². The SMILES string of the molecule is CN=C(NCCc1c[nH]c2ccc(F)cc12)NCc1ccc(OC)c(OC(F)F)c1. The van der Waals surface area contributed by atoms with Crippen molar-refractivity contribution in [2.45, 2.75) is 19.6 Å². The summed E-state index contributed by atoms with van der Waals surface area (Å²) in [4.78, 5) is 7.28. The minimum Gasteiger partial charge on any atom is -0.493 e. The van der Waals surface area contributed by atoms with E-state index in [9.17, 15) is 13.2 Å². The van der Waals surface area contributed by atoms with E-state index in [4.69, 9.17) is 4.74 Å². The number of benzene rings is 2. The molecule has 0 unspecified atom stereocenters. The lowest BCUT2D eigenvalue weighted by molar-refractivity contribution is -0.0512. The van der Waals surface area contributed by atoms with Crippen molar-refractivity contribution in [2.24, 2.45) is 4.99 Å². The molecule has 0 fully saturated rings. The van der Waals surface area contributed by atoms with Gasteiger partial charge >= 0.3 is 6.61 Å². The van der Waals surface area contributed by atoms with Gasteiger partial charge in [0, 0.05) is 37.2 Å². The summed E-state index contributed by atoms with van der Waals surface area (Å²) < 4.78 is 48.2. The first-order valence-electron chi connectivity index (χ1n) is 9.32. The zero-order valence-electron chi connectivity index (χ0n) is 16.6. The normalized spacial score (nSPS) is 11.7. The predicted octanol–water partition coefficient (Wildman–Crippen LogP) is 3.82. The molecule has 0 radical (unpaired) electrons. The largest absolute Gasteiger partial charge is 0.493 e. The molecule has 2 aromatic carbocycles. The van der Waals surface area contributed by atoms with E-state index in [-0.39, 0.29) is 17.3 Å². The van der Waals surface area contributed by atoms with Crippen molar-refractivity contribution in [3.05, 3.63) is 59.5 Å². The van der Waals surface area contributed by atoms with Gasteiger partial charge < -0.3 is 25.1 Å². The summed E-state index contributed by atoms with van der Waals surface area (Å²) in [5.74, 6) is 0.481. The molecule has 1 aromatic heterocycles. The molecule has 0 amide bonds. The molecule has 6 nitrogen and oxygen atoms in total. The average Bonchev–Trinajstić information content (AvgIpc) is 3.12. The molecular weight excluding hydrogens is 397 g/mol. The number of nitrogens with zero attached hydrogens (tertiary/aromatic N) is 1. The van der Waals surface area contributed by atoms with Crippen molar-refractivity contribution in [3.8, 4) is 11.5 Å². The number of nitrogens with one attached hydrogen (secondary N) is 3. The number of hydrogen-bond donors (Lipinski definition) is 3. The highest BCUT2D eigenvalue weighted by atomic mass is 19.3. The number of methoxy groups -OCH3 is 1. The highest BCUT2D eigenvalue weighted by molar-refractivity contribution is 5.83. The van der Waals surface area contributed by atoms with Crippen molar-refractivity contribution in [1.82, 2.24) is 15.6 Å². The molecule has 3 N–H and O–H groups in total. The van der Waals surface area contributed by atoms with Crippen LogP contribution in [-0.2, 0) is 13.0 Å². The van der Waals surface area contributed by atoms with Gasteiger partial charge in [0.05, 0.1) is 7.11 Å². The number of halogens is 3. The summed E-state index contributed by atoms with van der Waals surface area (Å²) in [6.45, 7) is -2.01. The first-order chi connectivity index (χ1) is 14.5. The van der Waals surface area contributed by atoms with Gasteiger partial charge in [-0.1, -0.05) is 6.07 Å². The van der Waals surface area contributed by atoms with Crippen LogP contribution in [0.2, 0.25) is 0 Å². The van der Waals surface area contributed by atoms with Gasteiger partial charge in [-0.2, -0.15) is 8.78 Å². The molecule has 0 saturated carbocycles. The molecule has 3 aromatic rings. The Bertz CT molecular complexity index is 1020. The maximum Gasteiger partial charge on any atom is 0.387 e. The molecule has 0 aliphatic rings. The van der Waals surface area contributed by atoms with E-state index in [0.717, 1.165) is 22.0 Å². The predicted molar refractivity (Wildman–Crippen MR) is 110 cm³/mol. The summed E-state index contributed by atoms with van der Waals surface area (Å²) in [6.07, 6.45) is 2.53. The molecule has 1 heterocycles. The van der Waals surface area contributed by atoms with Gasteiger partial charge in [0.2, 0.25) is 0 Å². The van der Waals surface area contributed by atoms with Crippen LogP contribution in [-0.4, -0.2) is 38.3 Å². The van der Waals surface area contributed by atoms with E-state index in [2.05, 4.69) is 25.3 Å². The molecule has 30 heavy (non-hydrogen) atoms. The van der Waals surface area contributed by atoms with Gasteiger partial charge in [-0.05, 0) is 47.9 Å². The Labute approximate surface area is 172 Å². The number of guanidine groups is 1. The van der Waals surface area contributed by atoms with Crippen LogP contribution in [0.4, 0.5) is 13.2 Å². The van der Waals surface area contributed by atoms with Crippen molar-refractivity contribution < 1.29 is 22.6 Å². The van der Waals surface area contributed by atoms with Crippen LogP contribution in [0.25, 0.3) is 10.9 Å². The number of hydrogen-bond acceptors (Lipinski definition) is 3. The standard InChI is InChI=1S/C21H23F3N4O2/c1-25-21(26-8-7-14-12-27-17-5-4-15(22)10-16(14)17)28-11-13-3-6-18(29-2)19(9-13)30-20(23)24/h3-6,9-10,12,20,27H,7-8,11H2,1-2H3,(H2,25,26,28). The summed E-state index contributed by atoms with van der Waals surface area (Å²) in [7, 11) is 3.02. The van der Waals surface area contributed by atoms with E-state index >= 15 is 0 Å². The second-order valence-corrected chi connectivity index (χ2v) is 6.47. The monoisotopic (exact) mass is 420 g/mol. The number of H-pyrrole nitrogens is 1. The minimum absolute atomic E-state index is 0.0266. The lowest BCUT2D eigenvalue weighted by Crippen LogP contribution is -2.37. The zero-order chi connectivity index (χ0) is 21.5. The van der Waals surface area contributed by atoms with Crippen molar-refractivity contribution in [3.63, 3.8) is 0 Å². The zero-order valence-corrected chi connectivity index (χ0v) is 16.6. The summed E-state index contributed by atoms with van der Waals surface area (Å²) >= 11 is 0. The fourth-order valence-corrected chi connectivity index (χ4v) is 3.10. The topological polar surface area (TPSA) is 70.7 Å². The highest BCUT2D eigenvalue weighted by Gasteiger charge is 2.11. The number of aromatic nitrogens is 1. The Morgan fingerprint density at radius 3 is 2.70 bits per heavy atom. The van der Waals surface area contributed by atoms with Gasteiger partial charge in [0.15, 0.2) is 17.5 Å². The van der Waals surface area contributed by atoms with E-state index in [1.807, 2.05) is 6.20 Å². The molecule has 0 aliphatic heterocycles. The number of ether oxygens (including phenoxy) is 2. The van der Waals surface area contributed by atoms with Crippen molar-refractivity contribution >= 4 is 16.9 Å². The first-order valence-corrected chi connectivity index (χ1v) is 9.32.